The van der Waals surface area contributed by atoms with Gasteiger partial charge in [0, 0.05) is 37.8 Å². The van der Waals surface area contributed by atoms with Crippen LogP contribution in [-0.4, -0.2) is 31.1 Å². The van der Waals surface area contributed by atoms with Crippen LogP contribution in [0.25, 0.3) is 0 Å². The van der Waals surface area contributed by atoms with Crippen LogP contribution in [0.5, 0.6) is 0 Å². The van der Waals surface area contributed by atoms with Crippen molar-refractivity contribution in [2.75, 3.05) is 26.2 Å². The lowest BCUT2D eigenvalue weighted by atomic mass is 9.94. The highest BCUT2D eigenvalue weighted by molar-refractivity contribution is 5.25. The lowest BCUT2D eigenvalue weighted by molar-refractivity contribution is 0.152. The Bertz CT molecular complexity index is 471. The van der Waals surface area contributed by atoms with E-state index in [0.717, 1.165) is 44.7 Å². The SMILES string of the molecule is CC(C)CC[C@@H](c1c(F)ccc(F)c1F)N1CCNCC1. The van der Waals surface area contributed by atoms with Crippen LogP contribution in [0.15, 0.2) is 12.1 Å². The zero-order valence-corrected chi connectivity index (χ0v) is 12.6. The van der Waals surface area contributed by atoms with Crippen molar-refractivity contribution in [3.05, 3.63) is 35.1 Å². The predicted octanol–water partition coefficient (Wildman–Crippen LogP) is 3.49. The molecule has 1 aliphatic heterocycles. The van der Waals surface area contributed by atoms with Crippen molar-refractivity contribution >= 4 is 0 Å². The number of rotatable bonds is 5. The first-order valence-corrected chi connectivity index (χ1v) is 7.59. The van der Waals surface area contributed by atoms with Gasteiger partial charge in [0.1, 0.15) is 5.82 Å². The normalized spacial score (nSPS) is 18.2. The summed E-state index contributed by atoms with van der Waals surface area (Å²) in [6, 6.07) is 1.48. The summed E-state index contributed by atoms with van der Waals surface area (Å²) in [7, 11) is 0. The molecule has 5 heteroatoms. The van der Waals surface area contributed by atoms with Gasteiger partial charge in [0.2, 0.25) is 0 Å². The van der Waals surface area contributed by atoms with Crippen LogP contribution in [-0.2, 0) is 0 Å². The van der Waals surface area contributed by atoms with Gasteiger partial charge < -0.3 is 5.32 Å². The molecule has 1 fully saturated rings. The summed E-state index contributed by atoms with van der Waals surface area (Å²) >= 11 is 0. The molecule has 0 unspecified atom stereocenters. The lowest BCUT2D eigenvalue weighted by Crippen LogP contribution is -2.45. The van der Waals surface area contributed by atoms with Crippen molar-refractivity contribution in [2.24, 2.45) is 5.92 Å². The topological polar surface area (TPSA) is 15.3 Å². The fourth-order valence-corrected chi connectivity index (χ4v) is 2.84. The standard InChI is InChI=1S/C16H23F3N2/c1-11(2)3-6-14(21-9-7-20-8-10-21)15-12(17)4-5-13(18)16(15)19/h4-5,11,14,20H,3,6-10H2,1-2H3/t14-/m0/s1. The van der Waals surface area contributed by atoms with E-state index in [1.54, 1.807) is 0 Å². The van der Waals surface area contributed by atoms with Gasteiger partial charge in [-0.1, -0.05) is 13.8 Å². The van der Waals surface area contributed by atoms with Crippen LogP contribution in [0, 0.1) is 23.4 Å². The third kappa shape index (κ3) is 3.98. The molecule has 1 saturated heterocycles. The second-order valence-corrected chi connectivity index (χ2v) is 6.03. The Labute approximate surface area is 124 Å². The van der Waals surface area contributed by atoms with Crippen LogP contribution in [0.3, 0.4) is 0 Å². The highest BCUT2D eigenvalue weighted by Gasteiger charge is 2.28. The van der Waals surface area contributed by atoms with Gasteiger partial charge in [-0.15, -0.1) is 0 Å². The molecule has 1 aliphatic rings. The molecule has 0 spiro atoms. The van der Waals surface area contributed by atoms with Crippen molar-refractivity contribution in [1.82, 2.24) is 10.2 Å². The first-order valence-electron chi connectivity index (χ1n) is 7.59. The predicted molar refractivity (Wildman–Crippen MR) is 77.6 cm³/mol. The fourth-order valence-electron chi connectivity index (χ4n) is 2.84. The maximum atomic E-state index is 14.1. The molecular weight excluding hydrogens is 277 g/mol. The van der Waals surface area contributed by atoms with Crippen LogP contribution in [0.1, 0.15) is 38.3 Å². The van der Waals surface area contributed by atoms with Crippen molar-refractivity contribution in [2.45, 2.75) is 32.7 Å². The molecule has 1 N–H and O–H groups in total. The summed E-state index contributed by atoms with van der Waals surface area (Å²) in [5.74, 6) is -2.23. The molecule has 1 heterocycles. The molecule has 0 amide bonds. The molecule has 1 atom stereocenters. The Kier molecular flexibility index (Phi) is 5.65. The highest BCUT2D eigenvalue weighted by atomic mass is 19.2. The third-order valence-corrected chi connectivity index (χ3v) is 4.02. The van der Waals surface area contributed by atoms with Gasteiger partial charge in [-0.25, -0.2) is 13.2 Å². The molecule has 2 rings (SSSR count). The summed E-state index contributed by atoms with van der Waals surface area (Å²) in [4.78, 5) is 2.06. The van der Waals surface area contributed by atoms with Gasteiger partial charge in [-0.05, 0) is 30.9 Å². The molecule has 0 aromatic heterocycles. The van der Waals surface area contributed by atoms with E-state index in [1.807, 2.05) is 0 Å². The number of hydrogen-bond donors (Lipinski definition) is 1. The molecule has 1 aromatic carbocycles. The van der Waals surface area contributed by atoms with E-state index in [0.29, 0.717) is 12.3 Å². The second kappa shape index (κ2) is 7.27. The molecule has 0 radical (unpaired) electrons. The minimum absolute atomic E-state index is 0.113. The molecule has 0 bridgehead atoms. The van der Waals surface area contributed by atoms with E-state index in [4.69, 9.17) is 0 Å². The minimum atomic E-state index is -1.04. The van der Waals surface area contributed by atoms with Crippen LogP contribution in [0.4, 0.5) is 13.2 Å². The van der Waals surface area contributed by atoms with Crippen LogP contribution >= 0.6 is 0 Å². The number of piperazine rings is 1. The Morgan fingerprint density at radius 1 is 1.05 bits per heavy atom. The Hall–Kier alpha value is -1.07. The third-order valence-electron chi connectivity index (χ3n) is 4.02. The maximum Gasteiger partial charge on any atom is 0.166 e. The zero-order chi connectivity index (χ0) is 15.4. The number of halogens is 3. The van der Waals surface area contributed by atoms with E-state index in [9.17, 15) is 13.2 Å². The van der Waals surface area contributed by atoms with E-state index in [-0.39, 0.29) is 5.56 Å². The Morgan fingerprint density at radius 2 is 1.67 bits per heavy atom. The number of nitrogens with zero attached hydrogens (tertiary/aromatic N) is 1. The molecular formula is C16H23F3N2. The minimum Gasteiger partial charge on any atom is -0.314 e. The fraction of sp³-hybridized carbons (Fsp3) is 0.625. The first-order chi connectivity index (χ1) is 10.0. The van der Waals surface area contributed by atoms with E-state index in [2.05, 4.69) is 24.1 Å². The van der Waals surface area contributed by atoms with E-state index < -0.39 is 23.5 Å². The van der Waals surface area contributed by atoms with Gasteiger partial charge in [0.05, 0.1) is 0 Å². The van der Waals surface area contributed by atoms with Crippen molar-refractivity contribution in [3.63, 3.8) is 0 Å². The largest absolute Gasteiger partial charge is 0.314 e. The van der Waals surface area contributed by atoms with Gasteiger partial charge in [0.25, 0.3) is 0 Å². The van der Waals surface area contributed by atoms with E-state index in [1.165, 1.54) is 0 Å². The van der Waals surface area contributed by atoms with Crippen LogP contribution in [0.2, 0.25) is 0 Å². The monoisotopic (exact) mass is 300 g/mol. The Morgan fingerprint density at radius 3 is 2.29 bits per heavy atom. The van der Waals surface area contributed by atoms with E-state index >= 15 is 0 Å². The number of nitrogens with one attached hydrogen (secondary N) is 1. The molecule has 118 valence electrons. The first kappa shape index (κ1) is 16.3. The number of hydrogen-bond acceptors (Lipinski definition) is 2. The van der Waals surface area contributed by atoms with Gasteiger partial charge in [0.15, 0.2) is 11.6 Å². The smallest absolute Gasteiger partial charge is 0.166 e. The quantitative estimate of drug-likeness (QED) is 0.838. The molecule has 21 heavy (non-hydrogen) atoms. The molecule has 0 saturated carbocycles. The summed E-state index contributed by atoms with van der Waals surface area (Å²) in [5.41, 5.74) is -0.113. The maximum absolute atomic E-state index is 14.1. The van der Waals surface area contributed by atoms with Gasteiger partial charge in [-0.2, -0.15) is 0 Å². The zero-order valence-electron chi connectivity index (χ0n) is 12.6. The van der Waals surface area contributed by atoms with Gasteiger partial charge >= 0.3 is 0 Å². The average Bonchev–Trinajstić information content (AvgIpc) is 2.47. The van der Waals surface area contributed by atoms with Crippen molar-refractivity contribution in [1.29, 1.82) is 0 Å². The Balaban J connectivity index is 2.31. The molecule has 0 aliphatic carbocycles. The highest BCUT2D eigenvalue weighted by Crippen LogP contribution is 2.32. The molecule has 2 nitrogen and oxygen atoms in total. The van der Waals surface area contributed by atoms with Crippen molar-refractivity contribution in [3.8, 4) is 0 Å². The second-order valence-electron chi connectivity index (χ2n) is 6.03. The van der Waals surface area contributed by atoms with Crippen molar-refractivity contribution < 1.29 is 13.2 Å². The average molecular weight is 300 g/mol. The van der Waals surface area contributed by atoms with Crippen LogP contribution < -0.4 is 5.32 Å². The summed E-state index contributed by atoms with van der Waals surface area (Å²) in [6.07, 6.45) is 1.49. The molecule has 1 aromatic rings. The number of benzene rings is 1. The van der Waals surface area contributed by atoms with Gasteiger partial charge in [-0.3, -0.25) is 4.90 Å². The summed E-state index contributed by atoms with van der Waals surface area (Å²) < 4.78 is 41.8. The lowest BCUT2D eigenvalue weighted by Gasteiger charge is -2.36. The summed E-state index contributed by atoms with van der Waals surface area (Å²) in [5, 5.41) is 3.22. The summed E-state index contributed by atoms with van der Waals surface area (Å²) in [6.45, 7) is 7.17.